The van der Waals surface area contributed by atoms with Crippen LogP contribution in [0.25, 0.3) is 0 Å². The van der Waals surface area contributed by atoms with E-state index < -0.39 is 15.6 Å². The molecule has 1 aromatic rings. The van der Waals surface area contributed by atoms with Gasteiger partial charge in [0.25, 0.3) is 0 Å². The first-order valence-electron chi connectivity index (χ1n) is 5.93. The molecule has 0 amide bonds. The van der Waals surface area contributed by atoms with E-state index in [1.807, 2.05) is 0 Å². The van der Waals surface area contributed by atoms with Crippen molar-refractivity contribution >= 4 is 15.8 Å². The Balaban J connectivity index is 2.24. The average Bonchev–Trinajstić information content (AvgIpc) is 2.77. The first-order valence-corrected chi connectivity index (χ1v) is 7.41. The van der Waals surface area contributed by atoms with E-state index in [1.165, 1.54) is 6.20 Å². The third-order valence-corrected chi connectivity index (χ3v) is 4.99. The van der Waals surface area contributed by atoms with Crippen LogP contribution in [0.1, 0.15) is 32.1 Å². The van der Waals surface area contributed by atoms with Crippen LogP contribution in [0.5, 0.6) is 0 Å². The van der Waals surface area contributed by atoms with Gasteiger partial charge in [0.1, 0.15) is 10.7 Å². The predicted octanol–water partition coefficient (Wildman–Crippen LogP) is -0.0346. The summed E-state index contributed by atoms with van der Waals surface area (Å²) in [5, 5.41) is 15.5. The first kappa shape index (κ1) is 13.3. The number of nitrogen functional groups attached to an aromatic ring is 1. The monoisotopic (exact) mass is 274 g/mol. The Morgan fingerprint density at radius 2 is 2.11 bits per heavy atom. The minimum absolute atomic E-state index is 0.00593. The Hall–Kier alpha value is -1.12. The van der Waals surface area contributed by atoms with Crippen LogP contribution in [0.2, 0.25) is 0 Å². The molecule has 1 saturated carbocycles. The molecule has 1 aromatic heterocycles. The maximum Gasteiger partial charge on any atom is 0.246 e. The number of aromatic nitrogens is 2. The van der Waals surface area contributed by atoms with Crippen LogP contribution >= 0.6 is 0 Å². The van der Waals surface area contributed by atoms with Gasteiger partial charge in [0.2, 0.25) is 10.0 Å². The maximum atomic E-state index is 12.2. The zero-order chi connectivity index (χ0) is 13.2. The van der Waals surface area contributed by atoms with Crippen molar-refractivity contribution in [3.8, 4) is 0 Å². The van der Waals surface area contributed by atoms with Crippen molar-refractivity contribution in [1.29, 1.82) is 0 Å². The SMILES string of the molecule is Nc1[nH]ncc1S(=O)(=O)NC1(CO)CCCCC1. The van der Waals surface area contributed by atoms with Gasteiger partial charge in [0, 0.05) is 0 Å². The molecule has 0 spiro atoms. The molecule has 0 aliphatic heterocycles. The number of nitrogens with zero attached hydrogens (tertiary/aromatic N) is 1. The molecule has 7 nitrogen and oxygen atoms in total. The van der Waals surface area contributed by atoms with Crippen molar-refractivity contribution in [3.63, 3.8) is 0 Å². The molecule has 0 aromatic carbocycles. The average molecular weight is 274 g/mol. The maximum absolute atomic E-state index is 12.2. The molecule has 18 heavy (non-hydrogen) atoms. The van der Waals surface area contributed by atoms with Crippen LogP contribution in [0.4, 0.5) is 5.82 Å². The number of hydrogen-bond acceptors (Lipinski definition) is 5. The van der Waals surface area contributed by atoms with Crippen LogP contribution in [-0.2, 0) is 10.0 Å². The number of hydrogen-bond donors (Lipinski definition) is 4. The van der Waals surface area contributed by atoms with Crippen LogP contribution in [-0.4, -0.2) is 35.9 Å². The highest BCUT2D eigenvalue weighted by Gasteiger charge is 2.36. The van der Waals surface area contributed by atoms with E-state index >= 15 is 0 Å². The highest BCUT2D eigenvalue weighted by atomic mass is 32.2. The lowest BCUT2D eigenvalue weighted by molar-refractivity contribution is 0.142. The predicted molar refractivity (Wildman–Crippen MR) is 66.2 cm³/mol. The summed E-state index contributed by atoms with van der Waals surface area (Å²) >= 11 is 0. The van der Waals surface area contributed by atoms with Gasteiger partial charge < -0.3 is 10.8 Å². The van der Waals surface area contributed by atoms with Crippen LogP contribution in [0, 0.1) is 0 Å². The van der Waals surface area contributed by atoms with Gasteiger partial charge in [-0.15, -0.1) is 0 Å². The Labute approximate surface area is 106 Å². The normalized spacial score (nSPS) is 19.8. The minimum Gasteiger partial charge on any atom is -0.394 e. The largest absolute Gasteiger partial charge is 0.394 e. The zero-order valence-corrected chi connectivity index (χ0v) is 10.8. The lowest BCUT2D eigenvalue weighted by Gasteiger charge is -2.35. The molecule has 1 fully saturated rings. The third kappa shape index (κ3) is 2.50. The highest BCUT2D eigenvalue weighted by molar-refractivity contribution is 7.89. The lowest BCUT2D eigenvalue weighted by Crippen LogP contribution is -2.52. The number of aliphatic hydroxyl groups is 1. The number of nitrogens with two attached hydrogens (primary N) is 1. The van der Waals surface area contributed by atoms with Crippen molar-refractivity contribution in [2.75, 3.05) is 12.3 Å². The summed E-state index contributed by atoms with van der Waals surface area (Å²) in [6.45, 7) is -0.204. The van der Waals surface area contributed by atoms with Crippen molar-refractivity contribution < 1.29 is 13.5 Å². The smallest absolute Gasteiger partial charge is 0.246 e. The number of nitrogens with one attached hydrogen (secondary N) is 2. The lowest BCUT2D eigenvalue weighted by atomic mass is 9.83. The second-order valence-corrected chi connectivity index (χ2v) is 6.40. The summed E-state index contributed by atoms with van der Waals surface area (Å²) in [5.41, 5.74) is 4.75. The van der Waals surface area contributed by atoms with E-state index in [0.29, 0.717) is 12.8 Å². The fraction of sp³-hybridized carbons (Fsp3) is 0.700. The molecule has 1 heterocycles. The van der Waals surface area contributed by atoms with E-state index in [-0.39, 0.29) is 17.3 Å². The second kappa shape index (κ2) is 4.87. The fourth-order valence-electron chi connectivity index (χ4n) is 2.36. The molecule has 0 atom stereocenters. The number of anilines is 1. The van der Waals surface area contributed by atoms with Crippen LogP contribution in [0.3, 0.4) is 0 Å². The van der Waals surface area contributed by atoms with Crippen molar-refractivity contribution in [1.82, 2.24) is 14.9 Å². The molecule has 2 rings (SSSR count). The Kier molecular flexibility index (Phi) is 3.60. The number of H-pyrrole nitrogens is 1. The third-order valence-electron chi connectivity index (χ3n) is 3.39. The van der Waals surface area contributed by atoms with Gasteiger partial charge in [-0.25, -0.2) is 13.1 Å². The van der Waals surface area contributed by atoms with Gasteiger partial charge in [-0.1, -0.05) is 19.3 Å². The molecule has 0 unspecified atom stereocenters. The number of sulfonamides is 1. The fourth-order valence-corrected chi connectivity index (χ4v) is 3.84. The van der Waals surface area contributed by atoms with E-state index in [4.69, 9.17) is 5.73 Å². The molecule has 1 aliphatic carbocycles. The molecule has 0 bridgehead atoms. The van der Waals surface area contributed by atoms with E-state index in [2.05, 4.69) is 14.9 Å². The topological polar surface area (TPSA) is 121 Å². The molecular formula is C10H18N4O3S. The van der Waals surface area contributed by atoms with Crippen molar-refractivity contribution in [2.24, 2.45) is 0 Å². The van der Waals surface area contributed by atoms with Gasteiger partial charge in [-0.3, -0.25) is 5.10 Å². The Morgan fingerprint density at radius 3 is 2.61 bits per heavy atom. The summed E-state index contributed by atoms with van der Waals surface area (Å²) in [6.07, 6.45) is 5.33. The van der Waals surface area contributed by atoms with Gasteiger partial charge in [-0.2, -0.15) is 5.10 Å². The summed E-state index contributed by atoms with van der Waals surface area (Å²) in [6, 6.07) is 0. The van der Waals surface area contributed by atoms with E-state index in [9.17, 15) is 13.5 Å². The molecule has 8 heteroatoms. The van der Waals surface area contributed by atoms with E-state index in [1.54, 1.807) is 0 Å². The molecule has 5 N–H and O–H groups in total. The van der Waals surface area contributed by atoms with Crippen LogP contribution < -0.4 is 10.5 Å². The Morgan fingerprint density at radius 1 is 1.44 bits per heavy atom. The van der Waals surface area contributed by atoms with E-state index in [0.717, 1.165) is 19.3 Å². The number of aliphatic hydroxyl groups excluding tert-OH is 1. The molecule has 0 radical (unpaired) electrons. The zero-order valence-electron chi connectivity index (χ0n) is 10.0. The van der Waals surface area contributed by atoms with Crippen molar-refractivity contribution in [2.45, 2.75) is 42.5 Å². The van der Waals surface area contributed by atoms with Crippen molar-refractivity contribution in [3.05, 3.63) is 6.20 Å². The standard InChI is InChI=1S/C10H18N4O3S/c11-9-8(6-12-13-9)18(16,17)14-10(7-15)4-2-1-3-5-10/h6,14-15H,1-5,7H2,(H3,11,12,13). The van der Waals surface area contributed by atoms with Gasteiger partial charge in [0.05, 0.1) is 18.3 Å². The number of rotatable bonds is 4. The van der Waals surface area contributed by atoms with Crippen LogP contribution in [0.15, 0.2) is 11.1 Å². The number of aromatic amines is 1. The first-order chi connectivity index (χ1) is 8.49. The molecule has 102 valence electrons. The summed E-state index contributed by atoms with van der Waals surface area (Å²) < 4.78 is 27.0. The summed E-state index contributed by atoms with van der Waals surface area (Å²) in [5.74, 6) is 0.00593. The minimum atomic E-state index is -3.75. The van der Waals surface area contributed by atoms with Gasteiger partial charge in [-0.05, 0) is 12.8 Å². The van der Waals surface area contributed by atoms with Gasteiger partial charge in [0.15, 0.2) is 0 Å². The Bertz CT molecular complexity index is 505. The molecule has 0 saturated heterocycles. The molecular weight excluding hydrogens is 256 g/mol. The second-order valence-electron chi connectivity index (χ2n) is 4.75. The highest BCUT2D eigenvalue weighted by Crippen LogP contribution is 2.30. The quantitative estimate of drug-likeness (QED) is 0.614. The molecule has 1 aliphatic rings. The summed E-state index contributed by atoms with van der Waals surface area (Å²) in [7, 11) is -3.75. The van der Waals surface area contributed by atoms with Gasteiger partial charge >= 0.3 is 0 Å². The summed E-state index contributed by atoms with van der Waals surface area (Å²) in [4.78, 5) is -0.0686.